The Kier molecular flexibility index (Phi) is 3.55. The summed E-state index contributed by atoms with van der Waals surface area (Å²) in [7, 11) is 0. The summed E-state index contributed by atoms with van der Waals surface area (Å²) in [5.74, 6) is 0.0141. The smallest absolute Gasteiger partial charge is 0.251 e. The lowest BCUT2D eigenvalue weighted by Crippen LogP contribution is -2.22. The summed E-state index contributed by atoms with van der Waals surface area (Å²) < 4.78 is 0. The number of amides is 1. The van der Waals surface area contributed by atoms with Crippen molar-refractivity contribution < 1.29 is 4.79 Å². The zero-order chi connectivity index (χ0) is 13.9. The number of carbonyl (C=O) groups excluding carboxylic acids is 1. The lowest BCUT2D eigenvalue weighted by Gasteiger charge is -2.07. The van der Waals surface area contributed by atoms with Gasteiger partial charge in [-0.15, -0.1) is 0 Å². The maximum atomic E-state index is 12.2. The first kappa shape index (κ1) is 12.9. The molecule has 1 N–H and O–H groups in total. The lowest BCUT2D eigenvalue weighted by atomic mass is 10.1. The average Bonchev–Trinajstić information content (AvgIpc) is 2.93. The molecular formula is C18H19NO. The van der Waals surface area contributed by atoms with Crippen LogP contribution in [0.1, 0.15) is 39.0 Å². The third-order valence-electron chi connectivity index (χ3n) is 3.93. The van der Waals surface area contributed by atoms with Crippen LogP contribution in [0.5, 0.6) is 0 Å². The first-order valence-corrected chi connectivity index (χ1v) is 7.18. The molecule has 0 spiro atoms. The van der Waals surface area contributed by atoms with Crippen molar-refractivity contribution in [3.8, 4) is 0 Å². The molecule has 0 atom stereocenters. The monoisotopic (exact) mass is 265 g/mol. The van der Waals surface area contributed by atoms with Gasteiger partial charge in [-0.1, -0.05) is 35.9 Å². The zero-order valence-corrected chi connectivity index (χ0v) is 11.8. The van der Waals surface area contributed by atoms with Crippen molar-refractivity contribution in [3.05, 3.63) is 70.3 Å². The summed E-state index contributed by atoms with van der Waals surface area (Å²) in [6.07, 6.45) is 3.47. The Morgan fingerprint density at radius 1 is 1.05 bits per heavy atom. The van der Waals surface area contributed by atoms with E-state index in [1.165, 1.54) is 23.1 Å². The Morgan fingerprint density at radius 3 is 2.60 bits per heavy atom. The van der Waals surface area contributed by atoms with E-state index >= 15 is 0 Å². The molecule has 1 amide bonds. The van der Waals surface area contributed by atoms with Crippen LogP contribution in [0.3, 0.4) is 0 Å². The molecule has 0 radical (unpaired) electrons. The molecule has 20 heavy (non-hydrogen) atoms. The fourth-order valence-corrected chi connectivity index (χ4v) is 2.70. The van der Waals surface area contributed by atoms with Crippen LogP contribution in [0.2, 0.25) is 0 Å². The molecule has 2 heteroatoms. The first-order valence-electron chi connectivity index (χ1n) is 7.18. The molecule has 0 bridgehead atoms. The highest BCUT2D eigenvalue weighted by atomic mass is 16.1. The van der Waals surface area contributed by atoms with Gasteiger partial charge in [0.05, 0.1) is 0 Å². The minimum absolute atomic E-state index is 0.0141. The van der Waals surface area contributed by atoms with Gasteiger partial charge in [0, 0.05) is 12.1 Å². The molecule has 0 saturated heterocycles. The van der Waals surface area contributed by atoms with Gasteiger partial charge in [-0.05, 0) is 55.0 Å². The fourth-order valence-electron chi connectivity index (χ4n) is 2.70. The van der Waals surface area contributed by atoms with Gasteiger partial charge in [0.15, 0.2) is 0 Å². The van der Waals surface area contributed by atoms with Gasteiger partial charge in [-0.2, -0.15) is 0 Å². The molecule has 2 aromatic carbocycles. The summed E-state index contributed by atoms with van der Waals surface area (Å²) in [5.41, 5.74) is 5.88. The molecule has 1 aliphatic carbocycles. The van der Waals surface area contributed by atoms with E-state index in [1.807, 2.05) is 12.1 Å². The van der Waals surface area contributed by atoms with Crippen LogP contribution in [0.4, 0.5) is 0 Å². The zero-order valence-electron chi connectivity index (χ0n) is 11.8. The van der Waals surface area contributed by atoms with E-state index in [0.717, 1.165) is 24.0 Å². The SMILES string of the molecule is Cc1ccc(CNC(=O)c2ccc3c(c2)CCC3)cc1. The number of aryl methyl sites for hydroxylation is 3. The summed E-state index contributed by atoms with van der Waals surface area (Å²) >= 11 is 0. The minimum atomic E-state index is 0.0141. The largest absolute Gasteiger partial charge is 0.348 e. The molecule has 102 valence electrons. The number of benzene rings is 2. The Balaban J connectivity index is 1.66. The Hall–Kier alpha value is -2.09. The third kappa shape index (κ3) is 2.74. The molecule has 0 fully saturated rings. The van der Waals surface area contributed by atoms with Crippen LogP contribution >= 0.6 is 0 Å². The van der Waals surface area contributed by atoms with E-state index in [2.05, 4.69) is 42.6 Å². The van der Waals surface area contributed by atoms with Crippen LogP contribution in [-0.4, -0.2) is 5.91 Å². The number of carbonyl (C=O) groups is 1. The van der Waals surface area contributed by atoms with Crippen molar-refractivity contribution in [2.75, 3.05) is 0 Å². The molecule has 0 unspecified atom stereocenters. The highest BCUT2D eigenvalue weighted by Gasteiger charge is 2.13. The van der Waals surface area contributed by atoms with E-state index < -0.39 is 0 Å². The molecule has 0 aliphatic heterocycles. The van der Waals surface area contributed by atoms with Gasteiger partial charge >= 0.3 is 0 Å². The predicted octanol–water partition coefficient (Wildman–Crippen LogP) is 3.41. The summed E-state index contributed by atoms with van der Waals surface area (Å²) in [6.45, 7) is 2.64. The second-order valence-electron chi connectivity index (χ2n) is 5.51. The van der Waals surface area contributed by atoms with Gasteiger partial charge in [0.1, 0.15) is 0 Å². The quantitative estimate of drug-likeness (QED) is 0.905. The number of hydrogen-bond donors (Lipinski definition) is 1. The van der Waals surface area contributed by atoms with E-state index in [1.54, 1.807) is 0 Å². The summed E-state index contributed by atoms with van der Waals surface area (Å²) in [5, 5.41) is 2.99. The van der Waals surface area contributed by atoms with Gasteiger partial charge in [0.25, 0.3) is 5.91 Å². The van der Waals surface area contributed by atoms with Crippen molar-refractivity contribution in [1.82, 2.24) is 5.32 Å². The number of nitrogens with one attached hydrogen (secondary N) is 1. The third-order valence-corrected chi connectivity index (χ3v) is 3.93. The number of fused-ring (bicyclic) bond motifs is 1. The second-order valence-corrected chi connectivity index (χ2v) is 5.51. The maximum absolute atomic E-state index is 12.2. The molecular weight excluding hydrogens is 246 g/mol. The van der Waals surface area contributed by atoms with E-state index in [-0.39, 0.29) is 5.91 Å². The standard InChI is InChI=1S/C18H19NO/c1-13-5-7-14(8-6-13)12-19-18(20)17-10-9-15-3-2-4-16(15)11-17/h5-11H,2-4,12H2,1H3,(H,19,20). The van der Waals surface area contributed by atoms with Gasteiger partial charge in [-0.25, -0.2) is 0 Å². The van der Waals surface area contributed by atoms with Crippen LogP contribution in [-0.2, 0) is 19.4 Å². The van der Waals surface area contributed by atoms with E-state index in [4.69, 9.17) is 0 Å². The van der Waals surface area contributed by atoms with Crippen molar-refractivity contribution in [2.45, 2.75) is 32.7 Å². The Labute approximate surface area is 119 Å². The van der Waals surface area contributed by atoms with Crippen molar-refractivity contribution >= 4 is 5.91 Å². The highest BCUT2D eigenvalue weighted by molar-refractivity contribution is 5.94. The van der Waals surface area contributed by atoms with Gasteiger partial charge in [-0.3, -0.25) is 4.79 Å². The normalized spacial score (nSPS) is 13.1. The number of rotatable bonds is 3. The second kappa shape index (κ2) is 5.49. The average molecular weight is 265 g/mol. The van der Waals surface area contributed by atoms with Crippen LogP contribution in [0.25, 0.3) is 0 Å². The molecule has 0 saturated carbocycles. The van der Waals surface area contributed by atoms with Gasteiger partial charge < -0.3 is 5.32 Å². The molecule has 3 rings (SSSR count). The van der Waals surface area contributed by atoms with E-state index in [9.17, 15) is 4.79 Å². The Bertz CT molecular complexity index is 628. The molecule has 2 nitrogen and oxygen atoms in total. The molecule has 2 aromatic rings. The van der Waals surface area contributed by atoms with Gasteiger partial charge in [0.2, 0.25) is 0 Å². The molecule has 1 aliphatic rings. The van der Waals surface area contributed by atoms with E-state index in [0.29, 0.717) is 6.54 Å². The van der Waals surface area contributed by atoms with Crippen molar-refractivity contribution in [3.63, 3.8) is 0 Å². The summed E-state index contributed by atoms with van der Waals surface area (Å²) in [4.78, 5) is 12.2. The minimum Gasteiger partial charge on any atom is -0.348 e. The lowest BCUT2D eigenvalue weighted by molar-refractivity contribution is 0.0951. The van der Waals surface area contributed by atoms with Crippen LogP contribution < -0.4 is 5.32 Å². The van der Waals surface area contributed by atoms with Crippen LogP contribution in [0.15, 0.2) is 42.5 Å². The van der Waals surface area contributed by atoms with Crippen molar-refractivity contribution in [1.29, 1.82) is 0 Å². The molecule has 0 aromatic heterocycles. The maximum Gasteiger partial charge on any atom is 0.251 e. The van der Waals surface area contributed by atoms with Crippen LogP contribution in [0, 0.1) is 6.92 Å². The van der Waals surface area contributed by atoms with Crippen molar-refractivity contribution in [2.24, 2.45) is 0 Å². The first-order chi connectivity index (χ1) is 9.72. The molecule has 0 heterocycles. The highest BCUT2D eigenvalue weighted by Crippen LogP contribution is 2.22. The fraction of sp³-hybridized carbons (Fsp3) is 0.278. The summed E-state index contributed by atoms with van der Waals surface area (Å²) in [6, 6.07) is 14.3. The predicted molar refractivity (Wildman–Crippen MR) is 80.8 cm³/mol. The topological polar surface area (TPSA) is 29.1 Å². The number of hydrogen-bond acceptors (Lipinski definition) is 1. The Morgan fingerprint density at radius 2 is 1.80 bits per heavy atom.